The lowest BCUT2D eigenvalue weighted by atomic mass is 10.2. The molecule has 0 aliphatic heterocycles. The Morgan fingerprint density at radius 3 is 2.89 bits per heavy atom. The van der Waals surface area contributed by atoms with Crippen LogP contribution in [0.2, 0.25) is 0 Å². The van der Waals surface area contributed by atoms with Gasteiger partial charge in [-0.1, -0.05) is 15.9 Å². The Labute approximate surface area is 113 Å². The normalized spacial score (nSPS) is 11.0. The molecule has 0 radical (unpaired) electrons. The second-order valence-electron chi connectivity index (χ2n) is 4.09. The molecule has 4 nitrogen and oxygen atoms in total. The van der Waals surface area contributed by atoms with E-state index in [0.717, 1.165) is 26.9 Å². The van der Waals surface area contributed by atoms with Crippen molar-refractivity contribution in [2.24, 2.45) is 0 Å². The zero-order chi connectivity index (χ0) is 12.7. The van der Waals surface area contributed by atoms with Crippen LogP contribution in [0.4, 0.5) is 5.95 Å². The molecule has 0 saturated carbocycles. The molecule has 0 atom stereocenters. The lowest BCUT2D eigenvalue weighted by Gasteiger charge is -2.07. The largest absolute Gasteiger partial charge is 0.369 e. The second-order valence-corrected chi connectivity index (χ2v) is 4.94. The van der Waals surface area contributed by atoms with Crippen LogP contribution in [0.15, 0.2) is 41.0 Å². The van der Waals surface area contributed by atoms with Gasteiger partial charge in [0.05, 0.1) is 5.69 Å². The second kappa shape index (κ2) is 4.10. The van der Waals surface area contributed by atoms with Crippen LogP contribution in [0.1, 0.15) is 5.56 Å². The van der Waals surface area contributed by atoms with E-state index < -0.39 is 0 Å². The predicted octanol–water partition coefficient (Wildman–Crippen LogP) is 3.07. The number of nitrogens with zero attached hydrogens (tertiary/aromatic N) is 3. The summed E-state index contributed by atoms with van der Waals surface area (Å²) in [6.45, 7) is 2.04. The van der Waals surface area contributed by atoms with Crippen LogP contribution in [-0.2, 0) is 0 Å². The highest BCUT2D eigenvalue weighted by Gasteiger charge is 2.11. The molecule has 2 N–H and O–H groups in total. The molecule has 0 aliphatic carbocycles. The highest BCUT2D eigenvalue weighted by atomic mass is 79.9. The monoisotopic (exact) mass is 302 g/mol. The number of halogens is 1. The minimum absolute atomic E-state index is 0.449. The average molecular weight is 303 g/mol. The van der Waals surface area contributed by atoms with E-state index in [2.05, 4.69) is 32.0 Å². The van der Waals surface area contributed by atoms with Gasteiger partial charge < -0.3 is 5.73 Å². The molecule has 3 rings (SSSR count). The van der Waals surface area contributed by atoms with Gasteiger partial charge in [-0.2, -0.15) is 0 Å². The highest BCUT2D eigenvalue weighted by Crippen LogP contribution is 2.24. The Morgan fingerprint density at radius 2 is 2.11 bits per heavy atom. The topological polar surface area (TPSA) is 56.7 Å². The molecule has 0 fully saturated rings. The number of nitrogen functional groups attached to an aromatic ring is 1. The summed E-state index contributed by atoms with van der Waals surface area (Å²) in [7, 11) is 0. The zero-order valence-corrected chi connectivity index (χ0v) is 11.3. The average Bonchev–Trinajstić information content (AvgIpc) is 2.69. The molecule has 2 heterocycles. The van der Waals surface area contributed by atoms with Crippen molar-refractivity contribution in [3.63, 3.8) is 0 Å². The van der Waals surface area contributed by atoms with Gasteiger partial charge in [0, 0.05) is 10.7 Å². The van der Waals surface area contributed by atoms with Gasteiger partial charge in [-0.15, -0.1) is 0 Å². The van der Waals surface area contributed by atoms with Gasteiger partial charge in [-0.05, 0) is 42.8 Å². The summed E-state index contributed by atoms with van der Waals surface area (Å²) in [6.07, 6.45) is 1.74. The van der Waals surface area contributed by atoms with Crippen molar-refractivity contribution < 1.29 is 0 Å². The first-order valence-electron chi connectivity index (χ1n) is 5.52. The molecule has 0 spiro atoms. The first-order chi connectivity index (χ1) is 8.66. The van der Waals surface area contributed by atoms with Gasteiger partial charge in [-0.3, -0.25) is 4.57 Å². The minimum Gasteiger partial charge on any atom is -0.369 e. The van der Waals surface area contributed by atoms with E-state index in [0.29, 0.717) is 5.95 Å². The minimum atomic E-state index is 0.449. The Kier molecular flexibility index (Phi) is 2.56. The van der Waals surface area contributed by atoms with Crippen LogP contribution < -0.4 is 5.73 Å². The van der Waals surface area contributed by atoms with Crippen molar-refractivity contribution in [2.75, 3.05) is 5.73 Å². The first kappa shape index (κ1) is 11.2. The molecule has 0 saturated heterocycles. The van der Waals surface area contributed by atoms with Crippen LogP contribution in [-0.4, -0.2) is 14.5 Å². The maximum Gasteiger partial charge on any atom is 0.207 e. The quantitative estimate of drug-likeness (QED) is 0.751. The maximum atomic E-state index is 5.97. The number of hydrogen-bond acceptors (Lipinski definition) is 3. The Balaban J connectivity index is 2.30. The molecule has 0 aliphatic rings. The smallest absolute Gasteiger partial charge is 0.207 e. The molecular formula is C13H11BrN4. The summed E-state index contributed by atoms with van der Waals surface area (Å²) >= 11 is 3.49. The van der Waals surface area contributed by atoms with Gasteiger partial charge in [0.15, 0.2) is 5.65 Å². The molecule has 5 heteroatoms. The van der Waals surface area contributed by atoms with Gasteiger partial charge in [0.25, 0.3) is 0 Å². The lowest BCUT2D eigenvalue weighted by Crippen LogP contribution is -2.01. The van der Waals surface area contributed by atoms with Crippen molar-refractivity contribution in [3.8, 4) is 5.69 Å². The molecule has 0 unspecified atom stereocenters. The van der Waals surface area contributed by atoms with E-state index in [1.807, 2.05) is 35.8 Å². The van der Waals surface area contributed by atoms with Crippen LogP contribution in [0.3, 0.4) is 0 Å². The van der Waals surface area contributed by atoms with Crippen LogP contribution in [0.5, 0.6) is 0 Å². The third-order valence-corrected chi connectivity index (χ3v) is 3.73. The van der Waals surface area contributed by atoms with E-state index in [4.69, 9.17) is 5.73 Å². The Morgan fingerprint density at radius 1 is 1.28 bits per heavy atom. The lowest BCUT2D eigenvalue weighted by molar-refractivity contribution is 1.08. The predicted molar refractivity (Wildman–Crippen MR) is 75.7 cm³/mol. The number of nitrogens with two attached hydrogens (primary N) is 1. The summed E-state index contributed by atoms with van der Waals surface area (Å²) in [4.78, 5) is 8.65. The number of imidazole rings is 1. The van der Waals surface area contributed by atoms with E-state index in [9.17, 15) is 0 Å². The number of benzene rings is 1. The maximum absolute atomic E-state index is 5.97. The molecule has 90 valence electrons. The van der Waals surface area contributed by atoms with Crippen LogP contribution >= 0.6 is 15.9 Å². The molecule has 2 aromatic heterocycles. The third kappa shape index (κ3) is 1.67. The van der Waals surface area contributed by atoms with E-state index in [1.54, 1.807) is 6.20 Å². The Bertz CT molecular complexity index is 733. The van der Waals surface area contributed by atoms with Crippen molar-refractivity contribution in [3.05, 3.63) is 46.6 Å². The van der Waals surface area contributed by atoms with Gasteiger partial charge in [0.1, 0.15) is 5.52 Å². The number of aromatic nitrogens is 3. The van der Waals surface area contributed by atoms with E-state index in [1.165, 1.54) is 0 Å². The molecule has 1 aromatic carbocycles. The summed E-state index contributed by atoms with van der Waals surface area (Å²) < 4.78 is 2.93. The first-order valence-corrected chi connectivity index (χ1v) is 6.31. The summed E-state index contributed by atoms with van der Waals surface area (Å²) in [5.74, 6) is 0.449. The third-order valence-electron chi connectivity index (χ3n) is 2.84. The molecule has 18 heavy (non-hydrogen) atoms. The fraction of sp³-hybridized carbons (Fsp3) is 0.0769. The van der Waals surface area contributed by atoms with Crippen LogP contribution in [0, 0.1) is 6.92 Å². The summed E-state index contributed by atoms with van der Waals surface area (Å²) in [5.41, 5.74) is 9.66. The molecule has 3 aromatic rings. The zero-order valence-electron chi connectivity index (χ0n) is 9.76. The number of hydrogen-bond donors (Lipinski definition) is 1. The van der Waals surface area contributed by atoms with Crippen molar-refractivity contribution in [2.45, 2.75) is 6.92 Å². The summed E-state index contributed by atoms with van der Waals surface area (Å²) in [6, 6.07) is 9.80. The van der Waals surface area contributed by atoms with Crippen molar-refractivity contribution in [1.29, 1.82) is 0 Å². The fourth-order valence-electron chi connectivity index (χ4n) is 1.95. The number of fused-ring (bicyclic) bond motifs is 1. The van der Waals surface area contributed by atoms with E-state index in [-0.39, 0.29) is 0 Å². The van der Waals surface area contributed by atoms with Crippen molar-refractivity contribution in [1.82, 2.24) is 14.5 Å². The number of rotatable bonds is 1. The standard InChI is InChI=1S/C13H11BrN4/c1-8-7-9(4-5-10(8)14)18-12-11(17-13(18)15)3-2-6-16-12/h2-7H,1H3,(H2,15,17). The Hall–Kier alpha value is -1.88. The molecule has 0 bridgehead atoms. The van der Waals surface area contributed by atoms with Gasteiger partial charge >= 0.3 is 0 Å². The summed E-state index contributed by atoms with van der Waals surface area (Å²) in [5, 5.41) is 0. The number of aryl methyl sites for hydroxylation is 1. The van der Waals surface area contributed by atoms with Crippen molar-refractivity contribution >= 4 is 33.0 Å². The van der Waals surface area contributed by atoms with Gasteiger partial charge in [0.2, 0.25) is 5.95 Å². The molecule has 0 amide bonds. The fourth-order valence-corrected chi connectivity index (χ4v) is 2.20. The SMILES string of the molecule is Cc1cc(-n2c(N)nc3cccnc32)ccc1Br. The van der Waals surface area contributed by atoms with Gasteiger partial charge in [-0.25, -0.2) is 9.97 Å². The molecular weight excluding hydrogens is 292 g/mol. The highest BCUT2D eigenvalue weighted by molar-refractivity contribution is 9.10. The number of pyridine rings is 1. The number of anilines is 1. The van der Waals surface area contributed by atoms with E-state index >= 15 is 0 Å². The van der Waals surface area contributed by atoms with Crippen LogP contribution in [0.25, 0.3) is 16.9 Å².